The van der Waals surface area contributed by atoms with Crippen LogP contribution in [0.5, 0.6) is 11.5 Å². The van der Waals surface area contributed by atoms with Gasteiger partial charge in [-0.2, -0.15) is 4.98 Å². The molecule has 0 radical (unpaired) electrons. The number of amides is 1. The highest BCUT2D eigenvalue weighted by Gasteiger charge is 2.16. The fraction of sp³-hybridized carbons (Fsp3) is 0.500. The van der Waals surface area contributed by atoms with E-state index >= 15 is 0 Å². The summed E-state index contributed by atoms with van der Waals surface area (Å²) in [5, 5.41) is 6.85. The Morgan fingerprint density at radius 2 is 2.00 bits per heavy atom. The van der Waals surface area contributed by atoms with Gasteiger partial charge in [0.25, 0.3) is 0 Å². The molecule has 0 saturated carbocycles. The topological polar surface area (TPSA) is 86.5 Å². The van der Waals surface area contributed by atoms with Gasteiger partial charge in [-0.1, -0.05) is 19.0 Å². The summed E-state index contributed by atoms with van der Waals surface area (Å²) < 4.78 is 15.8. The largest absolute Gasteiger partial charge is 0.497 e. The average Bonchev–Trinajstić information content (AvgIpc) is 3.08. The van der Waals surface area contributed by atoms with Crippen molar-refractivity contribution in [3.05, 3.63) is 35.5 Å². The van der Waals surface area contributed by atoms with E-state index in [1.807, 2.05) is 39.0 Å². The molecule has 0 fully saturated rings. The van der Waals surface area contributed by atoms with Crippen molar-refractivity contribution in [1.82, 2.24) is 15.5 Å². The van der Waals surface area contributed by atoms with Gasteiger partial charge in [-0.15, -0.1) is 0 Å². The minimum atomic E-state index is -0.216. The highest BCUT2D eigenvalue weighted by molar-refractivity contribution is 5.76. The Labute approximate surface area is 147 Å². The van der Waals surface area contributed by atoms with Gasteiger partial charge in [0.05, 0.1) is 20.3 Å². The Kier molecular flexibility index (Phi) is 6.38. The van der Waals surface area contributed by atoms with Crippen LogP contribution in [0.1, 0.15) is 56.4 Å². The molecule has 1 atom stereocenters. The van der Waals surface area contributed by atoms with Crippen molar-refractivity contribution >= 4 is 5.91 Å². The Morgan fingerprint density at radius 3 is 2.60 bits per heavy atom. The highest BCUT2D eigenvalue weighted by atomic mass is 16.5. The molecule has 2 aromatic rings. The number of aromatic nitrogens is 2. The number of carbonyl (C=O) groups is 1. The molecular weight excluding hydrogens is 322 g/mol. The molecule has 1 aromatic carbocycles. The zero-order valence-electron chi connectivity index (χ0n) is 15.3. The van der Waals surface area contributed by atoms with Crippen molar-refractivity contribution in [3.8, 4) is 11.5 Å². The molecular formula is C18H25N3O4. The Balaban J connectivity index is 1.95. The van der Waals surface area contributed by atoms with E-state index in [-0.39, 0.29) is 24.3 Å². The molecule has 1 aromatic heterocycles. The van der Waals surface area contributed by atoms with Crippen LogP contribution in [0.15, 0.2) is 22.7 Å². The smallest absolute Gasteiger partial charge is 0.227 e. The summed E-state index contributed by atoms with van der Waals surface area (Å²) in [7, 11) is 3.20. The normalized spacial score (nSPS) is 12.1. The number of hydrogen-bond acceptors (Lipinski definition) is 6. The van der Waals surface area contributed by atoms with Gasteiger partial charge in [0.15, 0.2) is 5.82 Å². The number of carbonyl (C=O) groups excluding carboxylic acids is 1. The van der Waals surface area contributed by atoms with Gasteiger partial charge < -0.3 is 19.3 Å². The number of aryl methyl sites for hydroxylation is 1. The standard InChI is InChI=1S/C18H25N3O4/c1-11(2)18-20-17(25-21-18)9-8-16(22)19-12(3)14-10-13(23-4)6-7-15(14)24-5/h6-7,10-12H,8-9H2,1-5H3,(H,19,22). The molecule has 0 bridgehead atoms. The molecule has 2 rings (SSSR count). The average molecular weight is 347 g/mol. The van der Waals surface area contributed by atoms with E-state index in [0.717, 1.165) is 5.56 Å². The number of methoxy groups -OCH3 is 2. The maximum absolute atomic E-state index is 12.2. The number of rotatable bonds is 8. The molecule has 0 spiro atoms. The van der Waals surface area contributed by atoms with Gasteiger partial charge in [0.1, 0.15) is 11.5 Å². The van der Waals surface area contributed by atoms with Crippen molar-refractivity contribution in [2.24, 2.45) is 0 Å². The van der Waals surface area contributed by atoms with Crippen LogP contribution >= 0.6 is 0 Å². The van der Waals surface area contributed by atoms with Crippen LogP contribution in [-0.4, -0.2) is 30.3 Å². The summed E-state index contributed by atoms with van der Waals surface area (Å²) >= 11 is 0. The molecule has 1 unspecified atom stereocenters. The summed E-state index contributed by atoms with van der Waals surface area (Å²) in [6.45, 7) is 5.88. The van der Waals surface area contributed by atoms with Crippen LogP contribution in [0.25, 0.3) is 0 Å². The fourth-order valence-corrected chi connectivity index (χ4v) is 2.39. The minimum absolute atomic E-state index is 0.0957. The lowest BCUT2D eigenvalue weighted by atomic mass is 10.1. The van der Waals surface area contributed by atoms with Crippen LogP contribution in [0, 0.1) is 0 Å². The zero-order valence-corrected chi connectivity index (χ0v) is 15.3. The predicted octanol–water partition coefficient (Wildman–Crippen LogP) is 3.02. The molecule has 0 aliphatic heterocycles. The van der Waals surface area contributed by atoms with Crippen LogP contribution < -0.4 is 14.8 Å². The zero-order chi connectivity index (χ0) is 18.4. The molecule has 1 heterocycles. The monoisotopic (exact) mass is 347 g/mol. The van der Waals surface area contributed by atoms with E-state index in [9.17, 15) is 4.79 Å². The molecule has 7 nitrogen and oxygen atoms in total. The summed E-state index contributed by atoms with van der Waals surface area (Å²) in [6.07, 6.45) is 0.684. The maximum Gasteiger partial charge on any atom is 0.227 e. The van der Waals surface area contributed by atoms with Crippen molar-refractivity contribution in [3.63, 3.8) is 0 Å². The lowest BCUT2D eigenvalue weighted by Gasteiger charge is -2.18. The summed E-state index contributed by atoms with van der Waals surface area (Å²) in [6, 6.07) is 5.28. The first kappa shape index (κ1) is 18.8. The molecule has 1 amide bonds. The first-order chi connectivity index (χ1) is 11.9. The Morgan fingerprint density at radius 1 is 1.24 bits per heavy atom. The van der Waals surface area contributed by atoms with E-state index in [4.69, 9.17) is 14.0 Å². The first-order valence-electron chi connectivity index (χ1n) is 8.28. The van der Waals surface area contributed by atoms with Gasteiger partial charge in [0.2, 0.25) is 11.8 Å². The summed E-state index contributed by atoms with van der Waals surface area (Å²) in [5.74, 6) is 2.65. The van der Waals surface area contributed by atoms with Crippen molar-refractivity contribution < 1.29 is 18.8 Å². The van der Waals surface area contributed by atoms with E-state index < -0.39 is 0 Å². The number of ether oxygens (including phenoxy) is 2. The predicted molar refractivity (Wildman–Crippen MR) is 92.8 cm³/mol. The molecule has 25 heavy (non-hydrogen) atoms. The van der Waals surface area contributed by atoms with E-state index in [1.165, 1.54) is 0 Å². The lowest BCUT2D eigenvalue weighted by molar-refractivity contribution is -0.121. The van der Waals surface area contributed by atoms with Crippen molar-refractivity contribution in [1.29, 1.82) is 0 Å². The number of nitrogens with one attached hydrogen (secondary N) is 1. The maximum atomic E-state index is 12.2. The number of nitrogens with zero attached hydrogens (tertiary/aromatic N) is 2. The second kappa shape index (κ2) is 8.50. The van der Waals surface area contributed by atoms with E-state index in [2.05, 4.69) is 15.5 Å². The van der Waals surface area contributed by atoms with Crippen molar-refractivity contribution in [2.75, 3.05) is 14.2 Å². The highest BCUT2D eigenvalue weighted by Crippen LogP contribution is 2.29. The number of benzene rings is 1. The lowest BCUT2D eigenvalue weighted by Crippen LogP contribution is -2.27. The number of hydrogen-bond donors (Lipinski definition) is 1. The summed E-state index contributed by atoms with van der Waals surface area (Å²) in [5.41, 5.74) is 0.857. The van der Waals surface area contributed by atoms with E-state index in [1.54, 1.807) is 14.2 Å². The van der Waals surface area contributed by atoms with Crippen LogP contribution in [-0.2, 0) is 11.2 Å². The Hall–Kier alpha value is -2.57. The molecule has 1 N–H and O–H groups in total. The SMILES string of the molecule is COc1ccc(OC)c(C(C)NC(=O)CCc2nc(C(C)C)no2)c1. The molecule has 0 aliphatic carbocycles. The van der Waals surface area contributed by atoms with E-state index in [0.29, 0.717) is 29.6 Å². The van der Waals surface area contributed by atoms with Crippen LogP contribution in [0.2, 0.25) is 0 Å². The molecule has 136 valence electrons. The van der Waals surface area contributed by atoms with Gasteiger partial charge in [-0.3, -0.25) is 4.79 Å². The second-order valence-corrected chi connectivity index (χ2v) is 6.10. The first-order valence-corrected chi connectivity index (χ1v) is 8.28. The van der Waals surface area contributed by atoms with Gasteiger partial charge in [-0.25, -0.2) is 0 Å². The minimum Gasteiger partial charge on any atom is -0.497 e. The van der Waals surface area contributed by atoms with Crippen molar-refractivity contribution in [2.45, 2.75) is 45.6 Å². The van der Waals surface area contributed by atoms with Crippen LogP contribution in [0.4, 0.5) is 0 Å². The quantitative estimate of drug-likeness (QED) is 0.790. The third-order valence-corrected chi connectivity index (χ3v) is 3.85. The van der Waals surface area contributed by atoms with Gasteiger partial charge in [-0.05, 0) is 25.1 Å². The molecule has 7 heteroatoms. The summed E-state index contributed by atoms with van der Waals surface area (Å²) in [4.78, 5) is 16.5. The van der Waals surface area contributed by atoms with Gasteiger partial charge in [0, 0.05) is 24.3 Å². The van der Waals surface area contributed by atoms with Gasteiger partial charge >= 0.3 is 0 Å². The Bertz CT molecular complexity index is 712. The fourth-order valence-electron chi connectivity index (χ4n) is 2.39. The van der Waals surface area contributed by atoms with Crippen LogP contribution in [0.3, 0.4) is 0 Å². The molecule has 0 aliphatic rings. The third-order valence-electron chi connectivity index (χ3n) is 3.85. The molecule has 0 saturated heterocycles. The third kappa shape index (κ3) is 4.95. The second-order valence-electron chi connectivity index (χ2n) is 6.10.